The Hall–Kier alpha value is -1.52. The van der Waals surface area contributed by atoms with Crippen molar-refractivity contribution in [2.75, 3.05) is 0 Å². The van der Waals surface area contributed by atoms with Crippen molar-refractivity contribution in [2.24, 2.45) is 4.99 Å². The normalized spacial score (nSPS) is 16.3. The van der Waals surface area contributed by atoms with Gasteiger partial charge in [0.15, 0.2) is 0 Å². The van der Waals surface area contributed by atoms with Crippen LogP contribution in [-0.2, 0) is 0 Å². The molecule has 0 atom stereocenters. The van der Waals surface area contributed by atoms with E-state index < -0.39 is 0 Å². The molecule has 0 aliphatic heterocycles. The van der Waals surface area contributed by atoms with Gasteiger partial charge in [-0.3, -0.25) is 0 Å². The Bertz CT molecular complexity index is 745. The second-order valence-corrected chi connectivity index (χ2v) is 8.84. The fraction of sp³-hybridized carbons (Fsp3) is 0.318. The third-order valence-electron chi connectivity index (χ3n) is 4.34. The zero-order valence-corrected chi connectivity index (χ0v) is 16.7. The summed E-state index contributed by atoms with van der Waals surface area (Å²) in [7, 11) is 0. The van der Waals surface area contributed by atoms with E-state index in [-0.39, 0.29) is 5.82 Å². The lowest BCUT2D eigenvalue weighted by Crippen LogP contribution is -2.10. The molecule has 3 rings (SSSR count). The summed E-state index contributed by atoms with van der Waals surface area (Å²) in [6.45, 7) is 2.09. The number of rotatable bonds is 5. The Morgan fingerprint density at radius 1 is 1.00 bits per heavy atom. The van der Waals surface area contributed by atoms with Gasteiger partial charge in [-0.2, -0.15) is 0 Å². The highest BCUT2D eigenvalue weighted by atomic mass is 32.2. The van der Waals surface area contributed by atoms with Gasteiger partial charge in [0.05, 0.1) is 10.7 Å². The number of hydrogen-bond donors (Lipinski definition) is 0. The highest BCUT2D eigenvalue weighted by molar-refractivity contribution is 8.15. The molecular formula is C22H24FNS2. The van der Waals surface area contributed by atoms with Crippen molar-refractivity contribution < 1.29 is 4.39 Å². The smallest absolute Gasteiger partial charge is 0.123 e. The van der Waals surface area contributed by atoms with Crippen LogP contribution in [0.3, 0.4) is 0 Å². The molecule has 2 aromatic carbocycles. The Kier molecular flexibility index (Phi) is 7.39. The van der Waals surface area contributed by atoms with Gasteiger partial charge in [-0.1, -0.05) is 48.7 Å². The first-order valence-corrected chi connectivity index (χ1v) is 10.9. The van der Waals surface area contributed by atoms with E-state index in [1.165, 1.54) is 49.8 Å². The fourth-order valence-corrected chi connectivity index (χ4v) is 4.84. The molecule has 0 heterocycles. The average molecular weight is 386 g/mol. The largest absolute Gasteiger partial charge is 0.242 e. The number of thioether (sulfide) groups is 2. The fourth-order valence-electron chi connectivity index (χ4n) is 2.89. The SMILES string of the molecule is Cc1ccc(N=C(C=CSc2ccc(F)cc2)SC2CCCCC2)cc1. The number of benzene rings is 2. The molecule has 136 valence electrons. The first-order chi connectivity index (χ1) is 12.7. The van der Waals surface area contributed by atoms with E-state index in [1.807, 2.05) is 11.8 Å². The van der Waals surface area contributed by atoms with Crippen LogP contribution in [0.15, 0.2) is 69.9 Å². The van der Waals surface area contributed by atoms with Crippen LogP contribution in [0.2, 0.25) is 0 Å². The summed E-state index contributed by atoms with van der Waals surface area (Å²) in [5, 5.41) is 3.76. The molecule has 1 saturated carbocycles. The van der Waals surface area contributed by atoms with Gasteiger partial charge in [0.25, 0.3) is 0 Å². The zero-order chi connectivity index (χ0) is 18.2. The van der Waals surface area contributed by atoms with E-state index in [2.05, 4.69) is 42.7 Å². The summed E-state index contributed by atoms with van der Waals surface area (Å²) in [5.74, 6) is -0.201. The maximum atomic E-state index is 13.0. The average Bonchev–Trinajstić information content (AvgIpc) is 2.66. The first-order valence-electron chi connectivity index (χ1n) is 9.10. The number of halogens is 1. The summed E-state index contributed by atoms with van der Waals surface area (Å²) in [6, 6.07) is 14.9. The Balaban J connectivity index is 1.71. The van der Waals surface area contributed by atoms with Crippen molar-refractivity contribution in [3.8, 4) is 0 Å². The van der Waals surface area contributed by atoms with E-state index in [1.54, 1.807) is 23.9 Å². The molecule has 0 saturated heterocycles. The second-order valence-electron chi connectivity index (χ2n) is 6.54. The molecule has 1 aliphatic rings. The minimum atomic E-state index is -0.201. The highest BCUT2D eigenvalue weighted by Gasteiger charge is 2.15. The van der Waals surface area contributed by atoms with Gasteiger partial charge < -0.3 is 0 Å². The van der Waals surface area contributed by atoms with Gasteiger partial charge in [0.2, 0.25) is 0 Å². The standard InChI is InChI=1S/C22H24FNS2/c1-17-7-11-19(12-8-17)24-22(26-21-5-3-2-4-6-21)15-16-25-20-13-9-18(23)10-14-20/h7-16,21H,2-6H2,1H3. The topological polar surface area (TPSA) is 12.4 Å². The summed E-state index contributed by atoms with van der Waals surface area (Å²) >= 11 is 3.48. The van der Waals surface area contributed by atoms with Crippen molar-refractivity contribution >= 4 is 34.3 Å². The van der Waals surface area contributed by atoms with Crippen LogP contribution in [0.25, 0.3) is 0 Å². The van der Waals surface area contributed by atoms with E-state index in [0.29, 0.717) is 5.25 Å². The quantitative estimate of drug-likeness (QED) is 0.299. The molecule has 2 aromatic rings. The maximum Gasteiger partial charge on any atom is 0.123 e. The van der Waals surface area contributed by atoms with E-state index in [9.17, 15) is 4.39 Å². The third kappa shape index (κ3) is 6.33. The lowest BCUT2D eigenvalue weighted by molar-refractivity contribution is 0.517. The zero-order valence-electron chi connectivity index (χ0n) is 15.0. The summed E-state index contributed by atoms with van der Waals surface area (Å²) < 4.78 is 13.0. The summed E-state index contributed by atoms with van der Waals surface area (Å²) in [4.78, 5) is 5.89. The second kappa shape index (κ2) is 9.98. The monoisotopic (exact) mass is 385 g/mol. The number of nitrogens with zero attached hydrogens (tertiary/aromatic N) is 1. The number of aliphatic imine (C=N–C) groups is 1. The molecule has 0 bridgehead atoms. The third-order valence-corrected chi connectivity index (χ3v) is 6.43. The Morgan fingerprint density at radius 2 is 1.69 bits per heavy atom. The van der Waals surface area contributed by atoms with Crippen molar-refractivity contribution in [3.05, 3.63) is 71.4 Å². The van der Waals surface area contributed by atoms with Crippen LogP contribution in [0.1, 0.15) is 37.7 Å². The first kappa shape index (κ1) is 19.2. The van der Waals surface area contributed by atoms with Gasteiger partial charge in [-0.05, 0) is 67.6 Å². The molecule has 0 unspecified atom stereocenters. The number of hydrogen-bond acceptors (Lipinski definition) is 3. The molecular weight excluding hydrogens is 361 g/mol. The summed E-state index contributed by atoms with van der Waals surface area (Å²) in [5.41, 5.74) is 2.23. The molecule has 0 amide bonds. The highest BCUT2D eigenvalue weighted by Crippen LogP contribution is 2.31. The summed E-state index contributed by atoms with van der Waals surface area (Å²) in [6.07, 6.45) is 8.64. The van der Waals surface area contributed by atoms with Gasteiger partial charge in [0.1, 0.15) is 5.82 Å². The van der Waals surface area contributed by atoms with E-state index in [4.69, 9.17) is 4.99 Å². The van der Waals surface area contributed by atoms with E-state index in [0.717, 1.165) is 15.6 Å². The van der Waals surface area contributed by atoms with Crippen LogP contribution in [-0.4, -0.2) is 10.3 Å². The predicted octanol–water partition coefficient (Wildman–Crippen LogP) is 7.54. The predicted molar refractivity (Wildman–Crippen MR) is 114 cm³/mol. The van der Waals surface area contributed by atoms with Gasteiger partial charge >= 0.3 is 0 Å². The molecule has 4 heteroatoms. The maximum absolute atomic E-state index is 13.0. The van der Waals surface area contributed by atoms with Crippen LogP contribution < -0.4 is 0 Å². The van der Waals surface area contributed by atoms with Crippen molar-refractivity contribution in [1.82, 2.24) is 0 Å². The Morgan fingerprint density at radius 3 is 2.38 bits per heavy atom. The lowest BCUT2D eigenvalue weighted by Gasteiger charge is -2.20. The van der Waals surface area contributed by atoms with E-state index >= 15 is 0 Å². The van der Waals surface area contributed by atoms with Crippen molar-refractivity contribution in [3.63, 3.8) is 0 Å². The Labute approximate surface area is 164 Å². The van der Waals surface area contributed by atoms with Crippen LogP contribution >= 0.6 is 23.5 Å². The molecule has 0 N–H and O–H groups in total. The van der Waals surface area contributed by atoms with Crippen LogP contribution in [0.4, 0.5) is 10.1 Å². The van der Waals surface area contributed by atoms with Crippen LogP contribution in [0, 0.1) is 12.7 Å². The van der Waals surface area contributed by atoms with Crippen molar-refractivity contribution in [2.45, 2.75) is 49.2 Å². The lowest BCUT2D eigenvalue weighted by atomic mass is 10.0. The minimum absolute atomic E-state index is 0.201. The molecule has 0 spiro atoms. The molecule has 0 aromatic heterocycles. The van der Waals surface area contributed by atoms with Crippen LogP contribution in [0.5, 0.6) is 0 Å². The molecule has 26 heavy (non-hydrogen) atoms. The van der Waals surface area contributed by atoms with Crippen molar-refractivity contribution in [1.29, 1.82) is 0 Å². The van der Waals surface area contributed by atoms with Gasteiger partial charge in [-0.25, -0.2) is 9.38 Å². The molecule has 0 radical (unpaired) electrons. The molecule has 1 fully saturated rings. The van der Waals surface area contributed by atoms with Gasteiger partial charge in [0, 0.05) is 10.1 Å². The molecule has 1 nitrogen and oxygen atoms in total. The number of aryl methyl sites for hydroxylation is 1. The molecule has 1 aliphatic carbocycles. The minimum Gasteiger partial charge on any atom is -0.242 e. The van der Waals surface area contributed by atoms with Gasteiger partial charge in [-0.15, -0.1) is 11.8 Å².